The van der Waals surface area contributed by atoms with Crippen LogP contribution in [0.4, 0.5) is 4.79 Å². The third-order valence-electron chi connectivity index (χ3n) is 5.87. The number of hydrogen-bond donors (Lipinski definition) is 3. The lowest BCUT2D eigenvalue weighted by Crippen LogP contribution is -2.29. The number of carbonyl (C=O) groups excluding carboxylic acids is 2. The third kappa shape index (κ3) is 5.21. The van der Waals surface area contributed by atoms with Gasteiger partial charge in [0.25, 0.3) is 5.91 Å². The first-order valence-electron chi connectivity index (χ1n) is 11.5. The molecule has 0 aliphatic carbocycles. The monoisotopic (exact) mass is 499 g/mol. The molecule has 0 atom stereocenters. The Hall–Kier alpha value is -2.91. The van der Waals surface area contributed by atoms with Crippen molar-refractivity contribution in [3.05, 3.63) is 58.1 Å². The number of nitrogens with one attached hydrogen (secondary N) is 1. The maximum absolute atomic E-state index is 13.4. The molecule has 0 saturated heterocycles. The zero-order valence-corrected chi connectivity index (χ0v) is 20.9. The largest absolute Gasteiger partial charge is 0.443 e. The van der Waals surface area contributed by atoms with Gasteiger partial charge in [0.2, 0.25) is 0 Å². The number of amides is 1. The van der Waals surface area contributed by atoms with Gasteiger partial charge in [0.05, 0.1) is 30.0 Å². The number of carbonyl (C=O) groups is 2. The first-order valence-corrected chi connectivity index (χ1v) is 11.9. The summed E-state index contributed by atoms with van der Waals surface area (Å²) in [7, 11) is 0. The van der Waals surface area contributed by atoms with Crippen LogP contribution in [0, 0.1) is 0 Å². The molecule has 186 valence electrons. The van der Waals surface area contributed by atoms with Gasteiger partial charge >= 0.3 is 6.09 Å². The van der Waals surface area contributed by atoms with E-state index >= 15 is 0 Å². The number of ether oxygens (including phenoxy) is 1. The summed E-state index contributed by atoms with van der Waals surface area (Å²) in [5.41, 5.74) is 3.22. The minimum absolute atomic E-state index is 0.00878. The van der Waals surface area contributed by atoms with Crippen LogP contribution in [-0.2, 0) is 17.8 Å². The standard InChI is InChI=1S/C26H30ClN3O5/c1-26(2,3)35-25(34)30-21-7-4-16(15-29(8-10-31)9-11-32)12-17(21)13-22(30)18-5-6-20(27)19-14-28-24(33)23(18)19/h4-7,12-13,31-32H,8-11,14-15H2,1-3H3,(H,28,33). The van der Waals surface area contributed by atoms with E-state index in [1.807, 2.05) is 29.2 Å². The van der Waals surface area contributed by atoms with E-state index in [0.29, 0.717) is 59.1 Å². The molecule has 0 fully saturated rings. The zero-order chi connectivity index (χ0) is 25.3. The van der Waals surface area contributed by atoms with Crippen molar-refractivity contribution in [3.8, 4) is 11.3 Å². The first-order chi connectivity index (χ1) is 16.6. The van der Waals surface area contributed by atoms with Gasteiger partial charge in [-0.3, -0.25) is 9.69 Å². The molecule has 9 heteroatoms. The van der Waals surface area contributed by atoms with E-state index in [0.717, 1.165) is 10.9 Å². The van der Waals surface area contributed by atoms with Gasteiger partial charge in [-0.2, -0.15) is 0 Å². The fourth-order valence-electron chi connectivity index (χ4n) is 4.40. The molecular weight excluding hydrogens is 470 g/mol. The van der Waals surface area contributed by atoms with E-state index < -0.39 is 11.7 Å². The van der Waals surface area contributed by atoms with Gasteiger partial charge in [-0.05, 0) is 50.6 Å². The molecule has 2 heterocycles. The molecule has 3 N–H and O–H groups in total. The van der Waals surface area contributed by atoms with E-state index in [2.05, 4.69) is 5.32 Å². The number of fused-ring (bicyclic) bond motifs is 2. The highest BCUT2D eigenvalue weighted by atomic mass is 35.5. The normalized spacial score (nSPS) is 13.4. The fourth-order valence-corrected chi connectivity index (χ4v) is 4.63. The molecule has 0 saturated carbocycles. The van der Waals surface area contributed by atoms with Crippen LogP contribution in [0.2, 0.25) is 5.02 Å². The van der Waals surface area contributed by atoms with Crippen LogP contribution in [0.3, 0.4) is 0 Å². The smallest absolute Gasteiger partial charge is 0.419 e. The minimum atomic E-state index is -0.709. The van der Waals surface area contributed by atoms with E-state index in [1.54, 1.807) is 32.9 Å². The summed E-state index contributed by atoms with van der Waals surface area (Å²) in [5.74, 6) is -0.233. The van der Waals surface area contributed by atoms with E-state index in [9.17, 15) is 19.8 Å². The first kappa shape index (κ1) is 25.2. The number of rotatable bonds is 7. The lowest BCUT2D eigenvalue weighted by molar-refractivity contribution is 0.0546. The number of aliphatic hydroxyl groups excluding tert-OH is 2. The number of aromatic nitrogens is 1. The Morgan fingerprint density at radius 1 is 1.14 bits per heavy atom. The Labute approximate surface area is 209 Å². The van der Waals surface area contributed by atoms with Crippen LogP contribution < -0.4 is 5.32 Å². The number of aliphatic hydroxyl groups is 2. The Bertz CT molecular complexity index is 1270. The molecule has 1 aromatic heterocycles. The molecule has 1 aliphatic rings. The lowest BCUT2D eigenvalue weighted by atomic mass is 10.00. The van der Waals surface area contributed by atoms with Gasteiger partial charge in [-0.25, -0.2) is 9.36 Å². The predicted octanol–water partition coefficient (Wildman–Crippen LogP) is 3.77. The number of hydrogen-bond acceptors (Lipinski definition) is 6. The predicted molar refractivity (Wildman–Crippen MR) is 135 cm³/mol. The molecule has 3 aromatic rings. The lowest BCUT2D eigenvalue weighted by Gasteiger charge is -2.21. The molecule has 8 nitrogen and oxygen atoms in total. The molecule has 1 aliphatic heterocycles. The van der Waals surface area contributed by atoms with Gasteiger partial charge in [-0.15, -0.1) is 0 Å². The van der Waals surface area contributed by atoms with Crippen LogP contribution in [0.25, 0.3) is 22.2 Å². The van der Waals surface area contributed by atoms with Crippen molar-refractivity contribution in [2.75, 3.05) is 26.3 Å². The fraction of sp³-hybridized carbons (Fsp3) is 0.385. The summed E-state index contributed by atoms with van der Waals surface area (Å²) < 4.78 is 7.21. The quantitative estimate of drug-likeness (QED) is 0.457. The summed E-state index contributed by atoms with van der Waals surface area (Å²) >= 11 is 6.35. The molecule has 2 aromatic carbocycles. The van der Waals surface area contributed by atoms with E-state index in [1.165, 1.54) is 4.57 Å². The van der Waals surface area contributed by atoms with Crippen molar-refractivity contribution in [3.63, 3.8) is 0 Å². The van der Waals surface area contributed by atoms with Crippen LogP contribution >= 0.6 is 11.6 Å². The van der Waals surface area contributed by atoms with Crippen LogP contribution in [0.1, 0.15) is 42.3 Å². The van der Waals surface area contributed by atoms with Crippen molar-refractivity contribution in [1.29, 1.82) is 0 Å². The van der Waals surface area contributed by atoms with Crippen molar-refractivity contribution in [2.45, 2.75) is 39.5 Å². The maximum atomic E-state index is 13.4. The summed E-state index contributed by atoms with van der Waals surface area (Å²) in [6.07, 6.45) is -0.542. The summed E-state index contributed by atoms with van der Waals surface area (Å²) in [6.45, 7) is 7.14. The molecule has 0 radical (unpaired) electrons. The Kier molecular flexibility index (Phi) is 7.19. The van der Waals surface area contributed by atoms with Crippen LogP contribution in [0.5, 0.6) is 0 Å². The van der Waals surface area contributed by atoms with Crippen molar-refractivity contribution in [2.24, 2.45) is 0 Å². The van der Waals surface area contributed by atoms with Crippen LogP contribution in [0.15, 0.2) is 36.4 Å². The van der Waals surface area contributed by atoms with Gasteiger partial charge < -0.3 is 20.3 Å². The number of nitrogens with zero attached hydrogens (tertiary/aromatic N) is 2. The molecule has 4 rings (SSSR count). The average molecular weight is 500 g/mol. The zero-order valence-electron chi connectivity index (χ0n) is 20.1. The van der Waals surface area contributed by atoms with Crippen molar-refractivity contribution < 1.29 is 24.5 Å². The number of halogens is 1. The molecular formula is C26H30ClN3O5. The molecule has 1 amide bonds. The minimum Gasteiger partial charge on any atom is -0.443 e. The van der Waals surface area contributed by atoms with Gasteiger partial charge in [0.15, 0.2) is 0 Å². The van der Waals surface area contributed by atoms with Gasteiger partial charge in [-0.1, -0.05) is 23.7 Å². The molecule has 35 heavy (non-hydrogen) atoms. The Morgan fingerprint density at radius 3 is 2.51 bits per heavy atom. The highest BCUT2D eigenvalue weighted by Crippen LogP contribution is 2.37. The molecule has 0 unspecified atom stereocenters. The van der Waals surface area contributed by atoms with Crippen LogP contribution in [-0.4, -0.2) is 63.6 Å². The summed E-state index contributed by atoms with van der Waals surface area (Å²) in [5, 5.41) is 22.8. The topological polar surface area (TPSA) is 104 Å². The second-order valence-corrected chi connectivity index (χ2v) is 10.0. The van der Waals surface area contributed by atoms with Crippen molar-refractivity contribution in [1.82, 2.24) is 14.8 Å². The van der Waals surface area contributed by atoms with Gasteiger partial charge in [0.1, 0.15) is 5.60 Å². The second kappa shape index (κ2) is 9.99. The molecule has 0 spiro atoms. The average Bonchev–Trinajstić information content (AvgIpc) is 3.35. The van der Waals surface area contributed by atoms with E-state index in [4.69, 9.17) is 16.3 Å². The highest BCUT2D eigenvalue weighted by molar-refractivity contribution is 6.32. The third-order valence-corrected chi connectivity index (χ3v) is 6.22. The second-order valence-electron chi connectivity index (χ2n) is 9.59. The SMILES string of the molecule is CC(C)(C)OC(=O)n1c(-c2ccc(Cl)c3c2C(=O)NC3)cc2cc(CN(CCO)CCO)ccc21. The Morgan fingerprint density at radius 2 is 1.86 bits per heavy atom. The summed E-state index contributed by atoms with van der Waals surface area (Å²) in [6, 6.07) is 11.1. The molecule has 0 bridgehead atoms. The van der Waals surface area contributed by atoms with E-state index in [-0.39, 0.29) is 19.1 Å². The van der Waals surface area contributed by atoms with Gasteiger partial charge in [0, 0.05) is 47.7 Å². The Balaban J connectivity index is 1.87. The van der Waals surface area contributed by atoms with Crippen molar-refractivity contribution >= 4 is 34.5 Å². The highest BCUT2D eigenvalue weighted by Gasteiger charge is 2.29. The summed E-state index contributed by atoms with van der Waals surface area (Å²) in [4.78, 5) is 28.0. The maximum Gasteiger partial charge on any atom is 0.419 e. The number of benzene rings is 2.